The van der Waals surface area contributed by atoms with Crippen LogP contribution in [0.25, 0.3) is 0 Å². The Morgan fingerprint density at radius 1 is 0.270 bits per heavy atom. The van der Waals surface area contributed by atoms with E-state index < -0.39 is 170 Å². The lowest BCUT2D eigenvalue weighted by Gasteiger charge is -2.39. The molecular formula is C93H196N2O29Si13. The number of amides is 2. The summed E-state index contributed by atoms with van der Waals surface area (Å²) in [4.78, 5) is 93.6. The predicted octanol–water partition coefficient (Wildman–Crippen LogP) is 20.4. The summed E-state index contributed by atoms with van der Waals surface area (Å²) in [5, 5.41) is 25.6. The second-order valence-electron chi connectivity index (χ2n) is 42.5. The number of carbonyl (C=O) groups is 8. The van der Waals surface area contributed by atoms with Crippen molar-refractivity contribution >= 4 is 157 Å². The fraction of sp³-hybridized carbons (Fsp3) is 0.742. The highest BCUT2D eigenvalue weighted by Crippen LogP contribution is 2.31. The topological polar surface area (TPSA) is 376 Å². The van der Waals surface area contributed by atoms with Crippen LogP contribution in [0.3, 0.4) is 0 Å². The highest BCUT2D eigenvalue weighted by molar-refractivity contribution is 6.90. The molecule has 0 aromatic heterocycles. The lowest BCUT2D eigenvalue weighted by atomic mass is 10.3. The molecule has 0 aliphatic carbocycles. The molecule has 0 rings (SSSR count). The average Bonchev–Trinajstić information content (AvgIpc) is 0.888. The summed E-state index contributed by atoms with van der Waals surface area (Å²) in [5.41, 5.74) is 2.81. The van der Waals surface area contributed by atoms with Crippen LogP contribution in [0, 0.1) is 0 Å². The first-order chi connectivity index (χ1) is 60.5. The number of hydrogen-bond donors (Lipinski definition) is 4. The van der Waals surface area contributed by atoms with Crippen LogP contribution in [0.4, 0.5) is 0 Å². The van der Waals surface area contributed by atoms with Gasteiger partial charge in [0.05, 0.1) is 26.4 Å². The lowest BCUT2D eigenvalue weighted by molar-refractivity contribution is -0.157. The molecule has 31 nitrogen and oxygen atoms in total. The monoisotopic (exact) mass is 2170 g/mol. The van der Waals surface area contributed by atoms with Gasteiger partial charge in [-0.15, -0.1) is 0 Å². The van der Waals surface area contributed by atoms with E-state index in [0.717, 1.165) is 49.9 Å². The van der Waals surface area contributed by atoms with Gasteiger partial charge in [0.15, 0.2) is 72.6 Å². The minimum absolute atomic E-state index is 0. The Morgan fingerprint density at radius 3 is 0.788 bits per heavy atom. The van der Waals surface area contributed by atoms with E-state index in [0.29, 0.717) is 86.7 Å². The number of rotatable bonds is 68. The number of carbonyl (C=O) groups excluding carboxylic acids is 8. The number of ether oxygens (including phenoxy) is 9. The van der Waals surface area contributed by atoms with E-state index in [1.54, 1.807) is 48.5 Å². The average molecular weight is 2170 g/mol. The van der Waals surface area contributed by atoms with Gasteiger partial charge in [-0.1, -0.05) is 74.9 Å². The van der Waals surface area contributed by atoms with Gasteiger partial charge in [-0.25, -0.2) is 28.8 Å². The van der Waals surface area contributed by atoms with Crippen LogP contribution in [0.2, 0.25) is 220 Å². The summed E-state index contributed by atoms with van der Waals surface area (Å²) in [6, 6.07) is 4.79. The fourth-order valence-corrected chi connectivity index (χ4v) is 66.6. The molecule has 0 aromatic carbocycles. The van der Waals surface area contributed by atoms with Crippen molar-refractivity contribution in [1.29, 1.82) is 0 Å². The minimum Gasteiger partial charge on any atom is -0.492 e. The van der Waals surface area contributed by atoms with Crippen LogP contribution in [-0.2, 0) is 123 Å². The maximum Gasteiger partial charge on any atom is 0.388 e. The fourth-order valence-electron chi connectivity index (χ4n) is 12.8. The van der Waals surface area contributed by atoms with E-state index in [-0.39, 0.29) is 109 Å². The SMILES string of the molecule is C.C.C.C=C(C)C(=O)NCCC[Si](C)(C)O[Si](C)(C)O[Si](C)(C)CCCNC(=O)C(=C)C.C=C(C)C(=O)OCC(COCCC[Si](C)(O[Si](C)(C)C)O[Si](C)(C)C)OC(=O)C(=C)C.C=C(C)C(=O)OCC(O)COCCC[Si](C)(OC(=O)C(=C)C)O[Si](C)(C)C.C=C(C)C(=O)OCC(O)COCCC[Si](C)(OC(COCCC[Si](C)(O[Si](C)(C)C)O[Si](C)(C)C)COC(=O)C(=C)C)O[Si](C)(C)C. The summed E-state index contributed by atoms with van der Waals surface area (Å²) < 4.78 is 113. The van der Waals surface area contributed by atoms with Crippen LogP contribution in [0.15, 0.2) is 97.2 Å². The van der Waals surface area contributed by atoms with Crippen molar-refractivity contribution in [3.05, 3.63) is 97.2 Å². The van der Waals surface area contributed by atoms with Crippen LogP contribution < -0.4 is 10.6 Å². The third kappa shape index (κ3) is 84.9. The molecule has 0 heterocycles. The third-order valence-electron chi connectivity index (χ3n) is 17.0. The second-order valence-corrected chi connectivity index (χ2v) is 96.7. The molecule has 0 bridgehead atoms. The molecule has 4 N–H and O–H groups in total. The first-order valence-electron chi connectivity index (χ1n) is 46.4. The van der Waals surface area contributed by atoms with Crippen LogP contribution in [-0.4, -0.2) is 284 Å². The van der Waals surface area contributed by atoms with E-state index in [4.69, 9.17) is 84.4 Å². The molecule has 804 valence electrons. The van der Waals surface area contributed by atoms with Gasteiger partial charge in [-0.3, -0.25) is 9.59 Å². The zero-order valence-electron chi connectivity index (χ0n) is 89.8. The van der Waals surface area contributed by atoms with Gasteiger partial charge in [0.25, 0.3) is 0 Å². The summed E-state index contributed by atoms with van der Waals surface area (Å²) in [5.74, 6) is -3.27. The van der Waals surface area contributed by atoms with Gasteiger partial charge in [0.1, 0.15) is 44.7 Å². The van der Waals surface area contributed by atoms with Crippen LogP contribution >= 0.6 is 0 Å². The summed E-state index contributed by atoms with van der Waals surface area (Å²) in [6.45, 7) is 105. The summed E-state index contributed by atoms with van der Waals surface area (Å²) in [6.07, 6.45) is 1.50. The molecule has 0 fully saturated rings. The molecule has 137 heavy (non-hydrogen) atoms. The summed E-state index contributed by atoms with van der Waals surface area (Å²) in [7, 11) is -27.2. The molecule has 6 atom stereocenters. The Bertz CT molecular complexity index is 3620. The Kier molecular flexibility index (Phi) is 73.5. The van der Waals surface area contributed by atoms with Gasteiger partial charge in [0, 0.05) is 90.1 Å². The second kappa shape index (κ2) is 69.1. The number of esters is 5. The molecule has 0 aliphatic rings. The van der Waals surface area contributed by atoms with Gasteiger partial charge in [-0.05, 0) is 307 Å². The Labute approximate surface area is 844 Å². The Morgan fingerprint density at radius 2 is 0.511 bits per heavy atom. The van der Waals surface area contributed by atoms with Crippen molar-refractivity contribution < 1.29 is 133 Å². The minimum atomic E-state index is -2.80. The zero-order chi connectivity index (χ0) is 105. The van der Waals surface area contributed by atoms with E-state index in [1.165, 1.54) is 6.92 Å². The van der Waals surface area contributed by atoms with E-state index in [1.807, 2.05) is 32.7 Å². The molecular weight excluding hydrogens is 1970 g/mol. The molecule has 6 unspecified atom stereocenters. The van der Waals surface area contributed by atoms with E-state index >= 15 is 0 Å². The van der Waals surface area contributed by atoms with Gasteiger partial charge in [0.2, 0.25) is 11.8 Å². The van der Waals surface area contributed by atoms with Crippen molar-refractivity contribution in [3.8, 4) is 0 Å². The summed E-state index contributed by atoms with van der Waals surface area (Å²) >= 11 is 0. The Hall–Kier alpha value is -4.10. The van der Waals surface area contributed by atoms with Crippen molar-refractivity contribution in [3.63, 3.8) is 0 Å². The molecule has 0 aromatic rings. The van der Waals surface area contributed by atoms with E-state index in [9.17, 15) is 48.6 Å². The molecule has 0 spiro atoms. The highest BCUT2D eigenvalue weighted by Gasteiger charge is 2.45. The Balaban J connectivity index is -0.000000335. The molecule has 44 heteroatoms. The van der Waals surface area contributed by atoms with Crippen LogP contribution in [0.5, 0.6) is 0 Å². The standard InChI is InChI=1S/C31H66O11Si5.C21H42O7Si3.C20H42N2O4Si3.C18H34O7Si2.3CH4/c1-26(2)30(33)37-23-28(32)22-35-18-16-20-46(14,40-43(5,6)7)39-29(25-38-31(34)27(3)4)24-36-19-17-21-47(15,41-44(8,9)10)42-45(11,12)13;1-17(2)20(22)25-16-19(26-21(23)18(3)4)15-24-13-12-14-31(11,27-29(5,6)7)28-30(8,9)10;1-17(2)19(23)21-13-11-15-27(5,6)25-29(9,10)26-28(7,8)16-12-14-22-20(24)18(3)4;1-14(2)17(20)23-13-16(19)12-22-10-9-11-27(8,25-26(5,6)7)24-18(21)15(3)4;;;/h28-29,32H,1,3,16-25H2,2,4-15H3;19H,1,3,12-16H2,2,4-11H3;1,3,11-16H2,2,4-10H3,(H,21,23)(H,22,24);16,19H,1,3,9-13H2,2,4-8H3;3*1H4. The maximum atomic E-state index is 12.3. The van der Waals surface area contributed by atoms with Gasteiger partial charge >= 0.3 is 78.6 Å². The molecule has 0 saturated heterocycles. The molecule has 0 aliphatic heterocycles. The maximum absolute atomic E-state index is 12.3. The van der Waals surface area contributed by atoms with Crippen molar-refractivity contribution in [2.24, 2.45) is 0 Å². The smallest absolute Gasteiger partial charge is 0.388 e. The normalized spacial score (nSPS) is 13.9. The molecule has 0 radical (unpaired) electrons. The first-order valence-corrected chi connectivity index (χ1v) is 86.0. The third-order valence-corrected chi connectivity index (χ3v) is 60.1. The quantitative estimate of drug-likeness (QED) is 0.0144. The first kappa shape index (κ1) is 146. The van der Waals surface area contributed by atoms with Crippen LogP contribution in [0.1, 0.15) is 116 Å². The number of aliphatic hydroxyl groups is 2. The lowest BCUT2D eigenvalue weighted by Crippen LogP contribution is -2.52. The predicted molar refractivity (Wildman–Crippen MR) is 589 cm³/mol. The number of nitrogens with one attached hydrogen (secondary N) is 2. The number of hydrogen-bond acceptors (Lipinski definition) is 29. The highest BCUT2D eigenvalue weighted by atomic mass is 28.5. The van der Waals surface area contributed by atoms with Crippen molar-refractivity contribution in [2.45, 2.75) is 360 Å². The van der Waals surface area contributed by atoms with Crippen molar-refractivity contribution in [1.82, 2.24) is 10.6 Å². The van der Waals surface area contributed by atoms with Gasteiger partial charge in [-0.2, -0.15) is 0 Å². The molecule has 2 amide bonds. The van der Waals surface area contributed by atoms with Gasteiger partial charge < -0.3 is 105 Å². The molecule has 0 saturated carbocycles. The van der Waals surface area contributed by atoms with Crippen molar-refractivity contribution in [2.75, 3.05) is 92.4 Å². The largest absolute Gasteiger partial charge is 0.492 e. The zero-order valence-corrected chi connectivity index (χ0v) is 103. The van der Waals surface area contributed by atoms with E-state index in [2.05, 4.69) is 214 Å². The number of aliphatic hydroxyl groups excluding tert-OH is 2.